The molecule has 0 aliphatic carbocycles. The molecule has 0 aromatic heterocycles. The maximum atomic E-state index is 12.7. The standard InChI is InChI=1S/C12H23F3N4O4S2/c1-11(12(13,14)15)24(20,21)17-7-9-19(10-8-17)25(22,23)18-5-3-16(2)4-6-18/h11H,3-10H2,1-2H3/t11-/m1/s1. The van der Waals surface area contributed by atoms with Crippen LogP contribution in [-0.4, -0.2) is 105 Å². The molecule has 0 unspecified atom stereocenters. The Bertz CT molecular complexity index is 667. The fraction of sp³-hybridized carbons (Fsp3) is 1.00. The van der Waals surface area contributed by atoms with Crippen molar-refractivity contribution in [2.24, 2.45) is 0 Å². The van der Waals surface area contributed by atoms with Gasteiger partial charge in [0.25, 0.3) is 10.2 Å². The van der Waals surface area contributed by atoms with Crippen molar-refractivity contribution in [2.75, 3.05) is 59.4 Å². The highest BCUT2D eigenvalue weighted by Gasteiger charge is 2.48. The Balaban J connectivity index is 2.02. The Morgan fingerprint density at radius 3 is 1.52 bits per heavy atom. The van der Waals surface area contributed by atoms with Gasteiger partial charge in [-0.2, -0.15) is 34.5 Å². The third-order valence-corrected chi connectivity index (χ3v) is 8.86. The van der Waals surface area contributed by atoms with Crippen molar-refractivity contribution in [3.05, 3.63) is 0 Å². The highest BCUT2D eigenvalue weighted by Crippen LogP contribution is 2.28. The van der Waals surface area contributed by atoms with E-state index in [1.807, 2.05) is 11.9 Å². The summed E-state index contributed by atoms with van der Waals surface area (Å²) in [5, 5.41) is -2.51. The highest BCUT2D eigenvalue weighted by atomic mass is 32.2. The molecule has 25 heavy (non-hydrogen) atoms. The van der Waals surface area contributed by atoms with Gasteiger partial charge in [-0.15, -0.1) is 0 Å². The van der Waals surface area contributed by atoms with Crippen molar-refractivity contribution in [2.45, 2.75) is 18.3 Å². The first-order valence-electron chi connectivity index (χ1n) is 7.86. The first-order valence-corrected chi connectivity index (χ1v) is 10.8. The average Bonchev–Trinajstić information content (AvgIpc) is 2.53. The summed E-state index contributed by atoms with van der Waals surface area (Å²) in [5.74, 6) is 0. The van der Waals surface area contributed by atoms with E-state index < -0.39 is 31.7 Å². The van der Waals surface area contributed by atoms with Crippen LogP contribution in [0.1, 0.15) is 6.92 Å². The third kappa shape index (κ3) is 4.45. The largest absolute Gasteiger partial charge is 0.406 e. The topological polar surface area (TPSA) is 81.2 Å². The van der Waals surface area contributed by atoms with Gasteiger partial charge in [-0.3, -0.25) is 0 Å². The summed E-state index contributed by atoms with van der Waals surface area (Å²) in [6.07, 6.45) is -4.86. The molecule has 2 saturated heterocycles. The van der Waals surface area contributed by atoms with E-state index in [9.17, 15) is 30.0 Å². The third-order valence-electron chi connectivity index (χ3n) is 4.58. The van der Waals surface area contributed by atoms with Crippen LogP contribution in [0.2, 0.25) is 0 Å². The average molecular weight is 408 g/mol. The predicted octanol–water partition coefficient (Wildman–Crippen LogP) is -0.623. The van der Waals surface area contributed by atoms with E-state index in [-0.39, 0.29) is 26.2 Å². The molecule has 148 valence electrons. The lowest BCUT2D eigenvalue weighted by molar-refractivity contribution is -0.127. The molecule has 0 amide bonds. The number of piperazine rings is 2. The van der Waals surface area contributed by atoms with Gasteiger partial charge in [0, 0.05) is 52.4 Å². The SMILES string of the molecule is C[C@H](C(F)(F)F)S(=O)(=O)N1CCN(S(=O)(=O)N2CCN(C)CC2)CC1. The molecule has 8 nitrogen and oxygen atoms in total. The van der Waals surface area contributed by atoms with E-state index in [2.05, 4.69) is 0 Å². The maximum absolute atomic E-state index is 12.7. The Morgan fingerprint density at radius 1 is 0.760 bits per heavy atom. The molecule has 0 radical (unpaired) electrons. The Morgan fingerprint density at radius 2 is 1.12 bits per heavy atom. The Labute approximate surface area is 146 Å². The van der Waals surface area contributed by atoms with E-state index in [4.69, 9.17) is 0 Å². The van der Waals surface area contributed by atoms with E-state index in [1.165, 1.54) is 4.31 Å². The minimum Gasteiger partial charge on any atom is -0.304 e. The number of likely N-dealkylation sites (N-methyl/N-ethyl adjacent to an activating group) is 1. The zero-order valence-corrected chi connectivity index (χ0v) is 15.7. The van der Waals surface area contributed by atoms with Crippen LogP contribution in [0, 0.1) is 0 Å². The molecule has 2 fully saturated rings. The number of hydrogen-bond acceptors (Lipinski definition) is 5. The zero-order valence-electron chi connectivity index (χ0n) is 14.1. The van der Waals surface area contributed by atoms with Crippen LogP contribution in [0.3, 0.4) is 0 Å². The normalized spacial score (nSPS) is 25.2. The zero-order chi connectivity index (χ0) is 19.0. The van der Waals surface area contributed by atoms with Crippen LogP contribution in [0.15, 0.2) is 0 Å². The number of hydrogen-bond donors (Lipinski definition) is 0. The van der Waals surface area contributed by atoms with Gasteiger partial charge in [-0.1, -0.05) is 0 Å². The first-order chi connectivity index (χ1) is 11.4. The van der Waals surface area contributed by atoms with Gasteiger partial charge < -0.3 is 4.90 Å². The maximum Gasteiger partial charge on any atom is 0.406 e. The second kappa shape index (κ2) is 7.27. The lowest BCUT2D eigenvalue weighted by atomic mass is 10.4. The highest BCUT2D eigenvalue weighted by molar-refractivity contribution is 7.89. The van der Waals surface area contributed by atoms with Gasteiger partial charge in [0.1, 0.15) is 0 Å². The summed E-state index contributed by atoms with van der Waals surface area (Å²) in [5.41, 5.74) is 0. The van der Waals surface area contributed by atoms with Gasteiger partial charge in [-0.05, 0) is 14.0 Å². The van der Waals surface area contributed by atoms with Crippen molar-refractivity contribution < 1.29 is 30.0 Å². The summed E-state index contributed by atoms with van der Waals surface area (Å²) in [4.78, 5) is 2.00. The monoisotopic (exact) mass is 408 g/mol. The van der Waals surface area contributed by atoms with Crippen molar-refractivity contribution in [3.63, 3.8) is 0 Å². The molecular formula is C12H23F3N4O4S2. The minimum atomic E-state index is -4.86. The fourth-order valence-corrected chi connectivity index (χ4v) is 5.76. The van der Waals surface area contributed by atoms with Gasteiger partial charge in [0.2, 0.25) is 10.0 Å². The lowest BCUT2D eigenvalue weighted by Crippen LogP contribution is -2.58. The molecule has 0 saturated carbocycles. The first kappa shape index (κ1) is 20.8. The lowest BCUT2D eigenvalue weighted by Gasteiger charge is -2.39. The van der Waals surface area contributed by atoms with Crippen LogP contribution in [0.4, 0.5) is 13.2 Å². The number of halogens is 3. The number of rotatable bonds is 4. The minimum absolute atomic E-state index is 0.154. The second-order valence-electron chi connectivity index (χ2n) is 6.24. The summed E-state index contributed by atoms with van der Waals surface area (Å²) in [6.45, 7) is 1.59. The molecule has 0 aromatic carbocycles. The molecule has 0 N–H and O–H groups in total. The van der Waals surface area contributed by atoms with E-state index >= 15 is 0 Å². The smallest absolute Gasteiger partial charge is 0.304 e. The molecule has 2 aliphatic rings. The van der Waals surface area contributed by atoms with Crippen molar-refractivity contribution >= 4 is 20.2 Å². The van der Waals surface area contributed by atoms with E-state index in [0.29, 0.717) is 33.1 Å². The quantitative estimate of drug-likeness (QED) is 0.619. The van der Waals surface area contributed by atoms with Crippen LogP contribution in [0.25, 0.3) is 0 Å². The van der Waals surface area contributed by atoms with Crippen molar-refractivity contribution in [1.82, 2.24) is 17.8 Å². The molecule has 0 bridgehead atoms. The number of alkyl halides is 3. The molecule has 2 heterocycles. The van der Waals surface area contributed by atoms with Crippen molar-refractivity contribution in [3.8, 4) is 0 Å². The van der Waals surface area contributed by atoms with Gasteiger partial charge >= 0.3 is 6.18 Å². The van der Waals surface area contributed by atoms with Gasteiger partial charge in [0.15, 0.2) is 5.25 Å². The van der Waals surface area contributed by atoms with Crippen LogP contribution >= 0.6 is 0 Å². The van der Waals surface area contributed by atoms with Crippen LogP contribution in [0.5, 0.6) is 0 Å². The van der Waals surface area contributed by atoms with Crippen molar-refractivity contribution in [1.29, 1.82) is 0 Å². The predicted molar refractivity (Wildman–Crippen MR) is 85.6 cm³/mol. The van der Waals surface area contributed by atoms with E-state index in [1.54, 1.807) is 0 Å². The summed E-state index contributed by atoms with van der Waals surface area (Å²) in [6, 6.07) is 0. The molecule has 2 aliphatic heterocycles. The molecule has 0 spiro atoms. The Hall–Kier alpha value is -0.470. The van der Waals surface area contributed by atoms with E-state index in [0.717, 1.165) is 8.61 Å². The molecule has 13 heteroatoms. The van der Waals surface area contributed by atoms with Crippen LogP contribution in [-0.2, 0) is 20.2 Å². The molecule has 1 atom stereocenters. The molecule has 2 rings (SSSR count). The van der Waals surface area contributed by atoms with Crippen LogP contribution < -0.4 is 0 Å². The fourth-order valence-electron chi connectivity index (χ4n) is 2.73. The summed E-state index contributed by atoms with van der Waals surface area (Å²) in [7, 11) is -6.40. The second-order valence-corrected chi connectivity index (χ2v) is 10.4. The number of nitrogens with zero attached hydrogens (tertiary/aromatic N) is 4. The molecular weight excluding hydrogens is 385 g/mol. The van der Waals surface area contributed by atoms with Gasteiger partial charge in [0.05, 0.1) is 0 Å². The van der Waals surface area contributed by atoms with Gasteiger partial charge in [-0.25, -0.2) is 8.42 Å². The summed E-state index contributed by atoms with van der Waals surface area (Å²) >= 11 is 0. The molecule has 0 aromatic rings. The Kier molecular flexibility index (Phi) is 6.06. The number of sulfonamides is 1. The summed E-state index contributed by atoms with van der Waals surface area (Å²) < 4.78 is 90.6.